The molecule has 0 spiro atoms. The first kappa shape index (κ1) is 30.6. The summed E-state index contributed by atoms with van der Waals surface area (Å²) >= 11 is 0. The Morgan fingerprint density at radius 1 is 0.853 bits per heavy atom. The van der Waals surface area contributed by atoms with Crippen LogP contribution in [0.15, 0.2) is 0 Å². The van der Waals surface area contributed by atoms with E-state index in [-0.39, 0.29) is 0 Å². The second-order valence-corrected chi connectivity index (χ2v) is 8.80. The van der Waals surface area contributed by atoms with Crippen LogP contribution in [-0.2, 0) is 28.7 Å². The fourth-order valence-electron chi connectivity index (χ4n) is 2.60. The van der Waals surface area contributed by atoms with Gasteiger partial charge in [-0.1, -0.05) is 13.8 Å². The van der Waals surface area contributed by atoms with Crippen LogP contribution in [0.25, 0.3) is 0 Å². The standard InChI is InChI=1S/C20H32FN3O10/c1-9(2)14(18(31)32)23-16(29)11(6-7-12(25)26)22-17(30)15(10(21)8-13(27)28)24-19(33)34-20(3,4)5/h9-11,14-15H,6-8H2,1-5H3,(H,22,30)(H,23,29)(H,24,33)(H,25,26)(H,27,28)(H,31,32). The van der Waals surface area contributed by atoms with Gasteiger partial charge in [-0.15, -0.1) is 0 Å². The van der Waals surface area contributed by atoms with Crippen molar-refractivity contribution < 1.29 is 53.2 Å². The van der Waals surface area contributed by atoms with Crippen molar-refractivity contribution in [3.05, 3.63) is 0 Å². The molecule has 0 rings (SSSR count). The molecule has 0 fully saturated rings. The van der Waals surface area contributed by atoms with Crippen molar-refractivity contribution in [2.24, 2.45) is 5.92 Å². The van der Waals surface area contributed by atoms with E-state index in [9.17, 15) is 38.3 Å². The van der Waals surface area contributed by atoms with E-state index in [4.69, 9.17) is 14.9 Å². The summed E-state index contributed by atoms with van der Waals surface area (Å²) in [5.41, 5.74) is -1.03. The lowest BCUT2D eigenvalue weighted by Gasteiger charge is -2.27. The largest absolute Gasteiger partial charge is 0.481 e. The lowest BCUT2D eigenvalue weighted by atomic mass is 10.0. The summed E-state index contributed by atoms with van der Waals surface area (Å²) in [6.07, 6.45) is -5.95. The number of nitrogens with one attached hydrogen (secondary N) is 3. The molecule has 194 valence electrons. The van der Waals surface area contributed by atoms with Crippen LogP contribution in [0.1, 0.15) is 53.9 Å². The molecule has 4 atom stereocenters. The summed E-state index contributed by atoms with van der Waals surface area (Å²) in [7, 11) is 0. The number of alkyl carbamates (subject to hydrolysis) is 1. The van der Waals surface area contributed by atoms with Gasteiger partial charge < -0.3 is 36.0 Å². The molecule has 6 N–H and O–H groups in total. The second-order valence-electron chi connectivity index (χ2n) is 8.80. The average molecular weight is 493 g/mol. The van der Waals surface area contributed by atoms with Crippen LogP contribution in [0.5, 0.6) is 0 Å². The van der Waals surface area contributed by atoms with Crippen molar-refractivity contribution in [3.8, 4) is 0 Å². The Morgan fingerprint density at radius 2 is 1.41 bits per heavy atom. The predicted octanol–water partition coefficient (Wildman–Crippen LogP) is 0.268. The van der Waals surface area contributed by atoms with Gasteiger partial charge in [0.05, 0.1) is 6.42 Å². The summed E-state index contributed by atoms with van der Waals surface area (Å²) in [5, 5.41) is 33.2. The van der Waals surface area contributed by atoms with Gasteiger partial charge in [0, 0.05) is 6.42 Å². The van der Waals surface area contributed by atoms with E-state index in [1.165, 1.54) is 34.6 Å². The molecule has 0 aromatic rings. The second kappa shape index (κ2) is 13.3. The molecule has 3 amide bonds. The van der Waals surface area contributed by atoms with Gasteiger partial charge >= 0.3 is 24.0 Å². The minimum Gasteiger partial charge on any atom is -0.481 e. The molecular weight excluding hydrogens is 461 g/mol. The van der Waals surface area contributed by atoms with Crippen LogP contribution in [-0.4, -0.2) is 81.0 Å². The fourth-order valence-corrected chi connectivity index (χ4v) is 2.60. The van der Waals surface area contributed by atoms with E-state index in [0.717, 1.165) is 0 Å². The number of ether oxygens (including phenoxy) is 1. The third kappa shape index (κ3) is 12.0. The maximum Gasteiger partial charge on any atom is 0.408 e. The van der Waals surface area contributed by atoms with Crippen LogP contribution < -0.4 is 16.0 Å². The maximum atomic E-state index is 14.6. The first-order valence-electron chi connectivity index (χ1n) is 10.3. The monoisotopic (exact) mass is 493 g/mol. The predicted molar refractivity (Wildman–Crippen MR) is 114 cm³/mol. The third-order valence-electron chi connectivity index (χ3n) is 4.20. The van der Waals surface area contributed by atoms with Gasteiger partial charge in [-0.25, -0.2) is 14.0 Å². The minimum absolute atomic E-state index is 0.494. The molecule has 4 unspecified atom stereocenters. The molecular formula is C20H32FN3O10. The molecule has 0 radical (unpaired) electrons. The molecule has 0 aromatic carbocycles. The van der Waals surface area contributed by atoms with Crippen LogP contribution in [0.2, 0.25) is 0 Å². The molecule has 0 aromatic heterocycles. The molecule has 0 heterocycles. The zero-order valence-corrected chi connectivity index (χ0v) is 19.6. The molecule has 0 saturated carbocycles. The highest BCUT2D eigenvalue weighted by Crippen LogP contribution is 2.11. The SMILES string of the molecule is CC(C)C(NC(=O)C(CCC(=O)O)NC(=O)C(NC(=O)OC(C)(C)C)C(F)CC(=O)O)C(=O)O. The highest BCUT2D eigenvalue weighted by atomic mass is 19.1. The van der Waals surface area contributed by atoms with Crippen LogP contribution in [0.4, 0.5) is 9.18 Å². The van der Waals surface area contributed by atoms with E-state index in [2.05, 4.69) is 10.6 Å². The lowest BCUT2D eigenvalue weighted by molar-refractivity contribution is -0.144. The summed E-state index contributed by atoms with van der Waals surface area (Å²) in [4.78, 5) is 70.6. The number of aliphatic carboxylic acids is 3. The smallest absolute Gasteiger partial charge is 0.408 e. The number of carbonyl (C=O) groups is 6. The number of hydrogen-bond donors (Lipinski definition) is 6. The zero-order chi connectivity index (χ0) is 26.8. The fraction of sp³-hybridized carbons (Fsp3) is 0.700. The Labute approximate surface area is 195 Å². The topological polar surface area (TPSA) is 208 Å². The Morgan fingerprint density at radius 3 is 1.82 bits per heavy atom. The first-order chi connectivity index (χ1) is 15.4. The van der Waals surface area contributed by atoms with Crippen molar-refractivity contribution in [1.82, 2.24) is 16.0 Å². The van der Waals surface area contributed by atoms with Crippen molar-refractivity contribution in [2.75, 3.05) is 0 Å². The number of alkyl halides is 1. The van der Waals surface area contributed by atoms with E-state index in [1.807, 2.05) is 5.32 Å². The Balaban J connectivity index is 5.78. The minimum atomic E-state index is -2.43. The Bertz CT molecular complexity index is 781. The van der Waals surface area contributed by atoms with E-state index in [1.54, 1.807) is 0 Å². The Hall–Kier alpha value is -3.45. The number of halogens is 1. The van der Waals surface area contributed by atoms with Crippen LogP contribution in [0.3, 0.4) is 0 Å². The van der Waals surface area contributed by atoms with Gasteiger partial charge in [-0.2, -0.15) is 0 Å². The molecule has 0 saturated heterocycles. The van der Waals surface area contributed by atoms with Gasteiger partial charge in [0.2, 0.25) is 11.8 Å². The summed E-state index contributed by atoms with van der Waals surface area (Å²) in [6, 6.07) is -5.09. The third-order valence-corrected chi connectivity index (χ3v) is 4.20. The van der Waals surface area contributed by atoms with Gasteiger partial charge in [-0.05, 0) is 33.1 Å². The number of carboxylic acids is 3. The molecule has 0 aliphatic carbocycles. The van der Waals surface area contributed by atoms with Gasteiger partial charge in [0.1, 0.15) is 29.9 Å². The van der Waals surface area contributed by atoms with E-state index >= 15 is 0 Å². The van der Waals surface area contributed by atoms with Crippen molar-refractivity contribution >= 4 is 35.8 Å². The van der Waals surface area contributed by atoms with E-state index in [0.29, 0.717) is 0 Å². The highest BCUT2D eigenvalue weighted by molar-refractivity contribution is 5.93. The number of amides is 3. The number of hydrogen-bond acceptors (Lipinski definition) is 7. The molecule has 0 aliphatic heterocycles. The van der Waals surface area contributed by atoms with Crippen molar-refractivity contribution in [3.63, 3.8) is 0 Å². The normalized spacial score (nSPS) is 14.8. The quantitative estimate of drug-likeness (QED) is 0.206. The van der Waals surface area contributed by atoms with Crippen molar-refractivity contribution in [2.45, 2.75) is 83.8 Å². The first-order valence-corrected chi connectivity index (χ1v) is 10.3. The zero-order valence-electron chi connectivity index (χ0n) is 19.6. The summed E-state index contributed by atoms with van der Waals surface area (Å²) in [6.45, 7) is 7.48. The van der Waals surface area contributed by atoms with Gasteiger partial charge in [0.15, 0.2) is 0 Å². The number of rotatable bonds is 13. The lowest BCUT2D eigenvalue weighted by Crippen LogP contribution is -2.59. The molecule has 14 heteroatoms. The van der Waals surface area contributed by atoms with E-state index < -0.39 is 90.9 Å². The van der Waals surface area contributed by atoms with Gasteiger partial charge in [0.25, 0.3) is 0 Å². The molecule has 0 bridgehead atoms. The summed E-state index contributed by atoms with van der Waals surface area (Å²) < 4.78 is 19.5. The molecule has 0 aliphatic rings. The summed E-state index contributed by atoms with van der Waals surface area (Å²) in [5.74, 6) is -7.27. The molecule has 13 nitrogen and oxygen atoms in total. The van der Waals surface area contributed by atoms with Crippen molar-refractivity contribution in [1.29, 1.82) is 0 Å². The highest BCUT2D eigenvalue weighted by Gasteiger charge is 2.36. The Kier molecular flexibility index (Phi) is 12.0. The molecule has 34 heavy (non-hydrogen) atoms. The van der Waals surface area contributed by atoms with Gasteiger partial charge in [-0.3, -0.25) is 19.2 Å². The number of carbonyl (C=O) groups excluding carboxylic acids is 3. The average Bonchev–Trinajstić information content (AvgIpc) is 2.64. The number of carboxylic acid groups (broad SMARTS) is 3. The van der Waals surface area contributed by atoms with Crippen LogP contribution >= 0.6 is 0 Å². The maximum absolute atomic E-state index is 14.6. The van der Waals surface area contributed by atoms with Crippen LogP contribution in [0, 0.1) is 5.92 Å².